The van der Waals surface area contributed by atoms with Gasteiger partial charge in [-0.3, -0.25) is 4.79 Å². The summed E-state index contributed by atoms with van der Waals surface area (Å²) in [5.74, 6) is 0.128. The van der Waals surface area contributed by atoms with Gasteiger partial charge < -0.3 is 19.3 Å². The summed E-state index contributed by atoms with van der Waals surface area (Å²) in [5.41, 5.74) is 0. The van der Waals surface area contributed by atoms with Crippen LogP contribution in [0, 0.1) is 0 Å². The third-order valence-electron chi connectivity index (χ3n) is 4.66. The maximum Gasteiger partial charge on any atom is 0.251 e. The van der Waals surface area contributed by atoms with Gasteiger partial charge in [0.05, 0.1) is 12.7 Å². The second-order valence-electron chi connectivity index (χ2n) is 6.48. The van der Waals surface area contributed by atoms with Crippen molar-refractivity contribution in [3.63, 3.8) is 0 Å². The Morgan fingerprint density at radius 1 is 1.29 bits per heavy atom. The van der Waals surface area contributed by atoms with Crippen LogP contribution in [0.2, 0.25) is 0 Å². The van der Waals surface area contributed by atoms with Gasteiger partial charge in [0.15, 0.2) is 0 Å². The second-order valence-corrected chi connectivity index (χ2v) is 6.48. The van der Waals surface area contributed by atoms with Crippen molar-refractivity contribution in [2.75, 3.05) is 40.4 Å². The predicted molar refractivity (Wildman–Crippen MR) is 82.3 cm³/mol. The fourth-order valence-corrected chi connectivity index (χ4v) is 3.12. The highest BCUT2D eigenvalue weighted by atomic mass is 16.5. The van der Waals surface area contributed by atoms with Crippen molar-refractivity contribution in [1.82, 2.24) is 9.80 Å². The smallest absolute Gasteiger partial charge is 0.251 e. The van der Waals surface area contributed by atoms with Gasteiger partial charge in [-0.1, -0.05) is 0 Å². The molecule has 2 aliphatic rings. The van der Waals surface area contributed by atoms with Crippen molar-refractivity contribution < 1.29 is 14.3 Å². The molecular formula is C16H30N2O3. The average Bonchev–Trinajstić information content (AvgIpc) is 2.53. The Balaban J connectivity index is 1.69. The Morgan fingerprint density at radius 2 is 2.00 bits per heavy atom. The first-order chi connectivity index (χ1) is 10.1. The van der Waals surface area contributed by atoms with E-state index >= 15 is 0 Å². The molecule has 0 saturated carbocycles. The largest absolute Gasteiger partial charge is 0.376 e. The monoisotopic (exact) mass is 298 g/mol. The summed E-state index contributed by atoms with van der Waals surface area (Å²) >= 11 is 0. The summed E-state index contributed by atoms with van der Waals surface area (Å²) < 4.78 is 11.4. The maximum atomic E-state index is 12.4. The van der Waals surface area contributed by atoms with Crippen molar-refractivity contribution >= 4 is 5.91 Å². The van der Waals surface area contributed by atoms with Crippen LogP contribution < -0.4 is 0 Å². The molecule has 2 rings (SSSR count). The molecule has 0 aromatic heterocycles. The second kappa shape index (κ2) is 8.11. The summed E-state index contributed by atoms with van der Waals surface area (Å²) in [7, 11) is 4.22. The minimum Gasteiger partial charge on any atom is -0.376 e. The number of ether oxygens (including phenoxy) is 2. The highest BCUT2D eigenvalue weighted by Crippen LogP contribution is 2.17. The van der Waals surface area contributed by atoms with E-state index in [0.717, 1.165) is 45.4 Å². The summed E-state index contributed by atoms with van der Waals surface area (Å²) in [6.45, 7) is 4.92. The highest BCUT2D eigenvalue weighted by molar-refractivity contribution is 5.80. The Hall–Kier alpha value is -0.650. The van der Waals surface area contributed by atoms with Gasteiger partial charge in [-0.05, 0) is 53.1 Å². The third kappa shape index (κ3) is 4.94. The molecule has 2 saturated heterocycles. The number of likely N-dealkylation sites (tertiary alicyclic amines) is 1. The number of hydrogen-bond acceptors (Lipinski definition) is 4. The van der Waals surface area contributed by atoms with Crippen LogP contribution in [-0.4, -0.2) is 74.4 Å². The van der Waals surface area contributed by atoms with Crippen LogP contribution in [0.1, 0.15) is 39.0 Å². The van der Waals surface area contributed by atoms with Crippen LogP contribution in [-0.2, 0) is 14.3 Å². The molecule has 0 N–H and O–H groups in total. The lowest BCUT2D eigenvalue weighted by Gasteiger charge is -2.36. The zero-order valence-electron chi connectivity index (χ0n) is 13.7. The van der Waals surface area contributed by atoms with Gasteiger partial charge in [0.2, 0.25) is 0 Å². The Labute approximate surface area is 128 Å². The molecular weight excluding hydrogens is 268 g/mol. The molecule has 0 radical (unpaired) electrons. The van der Waals surface area contributed by atoms with Crippen LogP contribution >= 0.6 is 0 Å². The molecule has 0 aromatic carbocycles. The molecule has 21 heavy (non-hydrogen) atoms. The Morgan fingerprint density at radius 3 is 2.57 bits per heavy atom. The Kier molecular flexibility index (Phi) is 6.45. The molecule has 2 aliphatic heterocycles. The molecule has 2 fully saturated rings. The van der Waals surface area contributed by atoms with E-state index in [1.54, 1.807) is 0 Å². The molecule has 2 unspecified atom stereocenters. The molecule has 5 heteroatoms. The number of carbonyl (C=O) groups is 1. The fourth-order valence-electron chi connectivity index (χ4n) is 3.12. The average molecular weight is 298 g/mol. The van der Waals surface area contributed by atoms with Crippen LogP contribution in [0.4, 0.5) is 0 Å². The van der Waals surface area contributed by atoms with Crippen molar-refractivity contribution in [2.45, 2.75) is 57.3 Å². The third-order valence-corrected chi connectivity index (χ3v) is 4.66. The predicted octanol–water partition coefficient (Wildman–Crippen LogP) is 1.51. The van der Waals surface area contributed by atoms with E-state index < -0.39 is 0 Å². The SMILES string of the molecule is CC(OCC1CCCCO1)C(=O)N1CCC(N(C)C)CC1. The van der Waals surface area contributed by atoms with E-state index in [4.69, 9.17) is 9.47 Å². The van der Waals surface area contributed by atoms with Crippen LogP contribution in [0.5, 0.6) is 0 Å². The quantitative estimate of drug-likeness (QED) is 0.771. The molecule has 0 aromatic rings. The first-order valence-corrected chi connectivity index (χ1v) is 8.26. The van der Waals surface area contributed by atoms with E-state index in [1.807, 2.05) is 11.8 Å². The van der Waals surface area contributed by atoms with Crippen LogP contribution in [0.3, 0.4) is 0 Å². The van der Waals surface area contributed by atoms with E-state index in [0.29, 0.717) is 12.6 Å². The Bertz CT molecular complexity index is 321. The fraction of sp³-hybridized carbons (Fsp3) is 0.938. The number of rotatable bonds is 5. The van der Waals surface area contributed by atoms with Gasteiger partial charge in [-0.15, -0.1) is 0 Å². The van der Waals surface area contributed by atoms with Crippen molar-refractivity contribution in [3.8, 4) is 0 Å². The zero-order valence-corrected chi connectivity index (χ0v) is 13.7. The standard InChI is InChI=1S/C16H30N2O3/c1-13(21-12-15-6-4-5-11-20-15)16(19)18-9-7-14(8-10-18)17(2)3/h13-15H,4-12H2,1-3H3. The first-order valence-electron chi connectivity index (χ1n) is 8.26. The number of hydrogen-bond donors (Lipinski definition) is 0. The van der Waals surface area contributed by atoms with Crippen LogP contribution in [0.15, 0.2) is 0 Å². The lowest BCUT2D eigenvalue weighted by molar-refractivity contribution is -0.147. The lowest BCUT2D eigenvalue weighted by atomic mass is 10.0. The summed E-state index contributed by atoms with van der Waals surface area (Å²) in [5, 5.41) is 0. The molecule has 5 nitrogen and oxygen atoms in total. The molecule has 1 amide bonds. The van der Waals surface area contributed by atoms with Crippen molar-refractivity contribution in [1.29, 1.82) is 0 Å². The lowest BCUT2D eigenvalue weighted by Crippen LogP contribution is -2.48. The van der Waals surface area contributed by atoms with E-state index in [1.165, 1.54) is 6.42 Å². The summed E-state index contributed by atoms with van der Waals surface area (Å²) in [4.78, 5) is 16.6. The number of piperidine rings is 1. The minimum atomic E-state index is -0.355. The van der Waals surface area contributed by atoms with Crippen LogP contribution in [0.25, 0.3) is 0 Å². The van der Waals surface area contributed by atoms with Gasteiger partial charge in [0.1, 0.15) is 6.10 Å². The topological polar surface area (TPSA) is 42.0 Å². The zero-order chi connectivity index (χ0) is 15.2. The molecule has 0 aliphatic carbocycles. The molecule has 2 atom stereocenters. The van der Waals surface area contributed by atoms with Crippen molar-refractivity contribution in [2.24, 2.45) is 0 Å². The molecule has 0 bridgehead atoms. The van der Waals surface area contributed by atoms with Gasteiger partial charge in [0, 0.05) is 25.7 Å². The number of amides is 1. The van der Waals surface area contributed by atoms with Crippen molar-refractivity contribution in [3.05, 3.63) is 0 Å². The normalized spacial score (nSPS) is 26.1. The number of nitrogens with zero attached hydrogens (tertiary/aromatic N) is 2. The molecule has 2 heterocycles. The first kappa shape index (κ1) is 16.7. The van der Waals surface area contributed by atoms with E-state index in [9.17, 15) is 4.79 Å². The van der Waals surface area contributed by atoms with Gasteiger partial charge in [-0.25, -0.2) is 0 Å². The van der Waals surface area contributed by atoms with Gasteiger partial charge in [-0.2, -0.15) is 0 Å². The molecule has 0 spiro atoms. The van der Waals surface area contributed by atoms with Gasteiger partial charge >= 0.3 is 0 Å². The minimum absolute atomic E-state index is 0.128. The summed E-state index contributed by atoms with van der Waals surface area (Å²) in [6, 6.07) is 0.598. The van der Waals surface area contributed by atoms with E-state index in [2.05, 4.69) is 19.0 Å². The maximum absolute atomic E-state index is 12.4. The molecule has 122 valence electrons. The summed E-state index contributed by atoms with van der Waals surface area (Å²) in [6.07, 6.45) is 5.32. The highest BCUT2D eigenvalue weighted by Gasteiger charge is 2.27. The number of carbonyl (C=O) groups excluding carboxylic acids is 1. The van der Waals surface area contributed by atoms with E-state index in [-0.39, 0.29) is 18.1 Å². The van der Waals surface area contributed by atoms with Gasteiger partial charge in [0.25, 0.3) is 5.91 Å².